The van der Waals surface area contributed by atoms with Gasteiger partial charge in [-0.15, -0.1) is 0 Å². The van der Waals surface area contributed by atoms with Crippen LogP contribution in [0, 0.1) is 0 Å². The highest BCUT2D eigenvalue weighted by Crippen LogP contribution is 2.45. The van der Waals surface area contributed by atoms with Gasteiger partial charge in [0.1, 0.15) is 19.3 Å². The Hall–Kier alpha value is -1.94. The van der Waals surface area contributed by atoms with E-state index in [-0.39, 0.29) is 25.7 Å². The first-order valence-corrected chi connectivity index (χ1v) is 38.3. The van der Waals surface area contributed by atoms with E-state index in [9.17, 15) is 43.2 Å². The molecular formula is C67H130O17P2. The van der Waals surface area contributed by atoms with E-state index in [0.29, 0.717) is 25.7 Å². The lowest BCUT2D eigenvalue weighted by Crippen LogP contribution is -2.30. The molecule has 0 amide bonds. The Morgan fingerprint density at radius 3 is 0.686 bits per heavy atom. The fraction of sp³-hybridized carbons (Fsp3) is 0.940. The number of phosphoric acid groups is 2. The number of hydrogen-bond donors (Lipinski definition) is 3. The van der Waals surface area contributed by atoms with Gasteiger partial charge < -0.3 is 33.8 Å². The first kappa shape index (κ1) is 84.1. The maximum absolute atomic E-state index is 13.0. The van der Waals surface area contributed by atoms with Gasteiger partial charge in [0.25, 0.3) is 0 Å². The second-order valence-electron chi connectivity index (χ2n) is 24.2. The third-order valence-corrected chi connectivity index (χ3v) is 17.5. The van der Waals surface area contributed by atoms with Gasteiger partial charge in [0, 0.05) is 25.7 Å². The molecule has 3 N–H and O–H groups in total. The molecule has 2 unspecified atom stereocenters. The summed E-state index contributed by atoms with van der Waals surface area (Å²) in [6.45, 7) is 4.90. The zero-order valence-electron chi connectivity index (χ0n) is 55.3. The van der Waals surface area contributed by atoms with Crippen molar-refractivity contribution >= 4 is 39.5 Å². The number of aliphatic hydroxyl groups excluding tert-OH is 1. The van der Waals surface area contributed by atoms with Crippen LogP contribution in [0.4, 0.5) is 0 Å². The van der Waals surface area contributed by atoms with Crippen molar-refractivity contribution < 1.29 is 80.2 Å². The van der Waals surface area contributed by atoms with Crippen molar-refractivity contribution in [2.45, 2.75) is 367 Å². The Morgan fingerprint density at radius 2 is 0.465 bits per heavy atom. The molecular weight excluding hydrogens is 1140 g/mol. The molecule has 0 aliphatic carbocycles. The number of ether oxygens (including phenoxy) is 4. The molecule has 0 aliphatic heterocycles. The highest BCUT2D eigenvalue weighted by Gasteiger charge is 2.30. The van der Waals surface area contributed by atoms with Crippen LogP contribution in [0.25, 0.3) is 0 Å². The summed E-state index contributed by atoms with van der Waals surface area (Å²) in [5, 5.41) is 10.6. The molecule has 510 valence electrons. The average Bonchev–Trinajstić information content (AvgIpc) is 3.70. The first-order valence-electron chi connectivity index (χ1n) is 35.3. The van der Waals surface area contributed by atoms with Gasteiger partial charge in [0.05, 0.1) is 26.4 Å². The normalized spacial score (nSPS) is 14.1. The molecule has 0 radical (unpaired) electrons. The Labute approximate surface area is 524 Å². The summed E-state index contributed by atoms with van der Waals surface area (Å²) in [5.74, 6) is -2.13. The molecule has 0 aromatic rings. The van der Waals surface area contributed by atoms with E-state index < -0.39 is 97.5 Å². The molecule has 0 saturated carbocycles. The highest BCUT2D eigenvalue weighted by atomic mass is 31.2. The summed E-state index contributed by atoms with van der Waals surface area (Å²) < 4.78 is 68.1. The van der Waals surface area contributed by atoms with Crippen LogP contribution < -0.4 is 0 Å². The Balaban J connectivity index is 5.21. The molecule has 0 spiro atoms. The van der Waals surface area contributed by atoms with E-state index >= 15 is 0 Å². The van der Waals surface area contributed by atoms with Gasteiger partial charge in [0.2, 0.25) is 0 Å². The predicted molar refractivity (Wildman–Crippen MR) is 345 cm³/mol. The number of phosphoric ester groups is 2. The zero-order chi connectivity index (χ0) is 63.3. The molecule has 0 rings (SSSR count). The molecule has 0 aliphatic rings. The quantitative estimate of drug-likeness (QED) is 0.0222. The van der Waals surface area contributed by atoms with Crippen molar-refractivity contribution in [2.75, 3.05) is 39.6 Å². The maximum atomic E-state index is 13.0. The fourth-order valence-electron chi connectivity index (χ4n) is 10.2. The number of esters is 4. The van der Waals surface area contributed by atoms with Crippen molar-refractivity contribution in [3.63, 3.8) is 0 Å². The summed E-state index contributed by atoms with van der Waals surface area (Å²) >= 11 is 0. The summed E-state index contributed by atoms with van der Waals surface area (Å²) in [7, 11) is -9.89. The number of unbranched alkanes of at least 4 members (excludes halogenated alkanes) is 42. The summed E-state index contributed by atoms with van der Waals surface area (Å²) in [6.07, 6.45) is 48.5. The monoisotopic (exact) mass is 1270 g/mol. The fourth-order valence-corrected chi connectivity index (χ4v) is 11.7. The Morgan fingerprint density at radius 1 is 0.279 bits per heavy atom. The van der Waals surface area contributed by atoms with Crippen molar-refractivity contribution in [2.24, 2.45) is 0 Å². The largest absolute Gasteiger partial charge is 0.472 e. The van der Waals surface area contributed by atoms with Crippen LogP contribution in [0.5, 0.6) is 0 Å². The van der Waals surface area contributed by atoms with Crippen LogP contribution >= 0.6 is 15.6 Å². The van der Waals surface area contributed by atoms with Crippen LogP contribution in [0.2, 0.25) is 0 Å². The molecule has 0 heterocycles. The topological polar surface area (TPSA) is 237 Å². The molecule has 5 atom stereocenters. The average molecular weight is 1270 g/mol. The molecule has 86 heavy (non-hydrogen) atoms. The summed E-state index contributed by atoms with van der Waals surface area (Å²) in [5.41, 5.74) is 0. The number of hydrogen-bond acceptors (Lipinski definition) is 15. The van der Waals surface area contributed by atoms with Gasteiger partial charge >= 0.3 is 39.5 Å². The minimum Gasteiger partial charge on any atom is -0.462 e. The van der Waals surface area contributed by atoms with Gasteiger partial charge in [-0.05, 0) is 25.7 Å². The number of aliphatic hydroxyl groups is 1. The van der Waals surface area contributed by atoms with E-state index in [1.165, 1.54) is 180 Å². The van der Waals surface area contributed by atoms with Crippen LogP contribution in [-0.2, 0) is 65.4 Å². The van der Waals surface area contributed by atoms with Gasteiger partial charge in [0.15, 0.2) is 12.2 Å². The molecule has 19 heteroatoms. The van der Waals surface area contributed by atoms with Crippen LogP contribution in [0.1, 0.15) is 349 Å². The smallest absolute Gasteiger partial charge is 0.462 e. The number of rotatable bonds is 68. The van der Waals surface area contributed by atoms with Gasteiger partial charge in [-0.3, -0.25) is 37.3 Å². The van der Waals surface area contributed by atoms with Crippen molar-refractivity contribution in [3.8, 4) is 0 Å². The minimum atomic E-state index is -4.95. The Bertz CT molecular complexity index is 1650. The third kappa shape index (κ3) is 60.9. The summed E-state index contributed by atoms with van der Waals surface area (Å²) in [6, 6.07) is 0. The van der Waals surface area contributed by atoms with E-state index in [1.54, 1.807) is 0 Å². The molecule has 17 nitrogen and oxygen atoms in total. The second kappa shape index (κ2) is 61.9. The lowest BCUT2D eigenvalue weighted by Gasteiger charge is -2.21. The SMILES string of the molecule is CCCCCCCCCCCCCCCCCC(=O)O[C@H](COC(=O)CCCCCCCCCCCCCCC)COP(=O)(O)OC[C@@H](O)COP(=O)(O)OC[C@@H](COC(=O)CCCCCCCCCCC)OC(=O)CCCCCCCCCCC. The molecule has 0 aromatic heterocycles. The lowest BCUT2D eigenvalue weighted by atomic mass is 10.0. The van der Waals surface area contributed by atoms with E-state index in [4.69, 9.17) is 37.0 Å². The standard InChI is InChI=1S/C67H130O17P2/c1-5-9-13-17-21-25-27-29-30-32-34-38-42-46-50-54-67(72)84-63(58-78-65(70)52-48-44-40-37-33-31-28-26-22-18-14-10-6-2)60-82-86(75,76)80-56-61(68)55-79-85(73,74)81-59-62(83-66(71)53-49-45-41-36-24-20-16-12-8-4)57-77-64(69)51-47-43-39-35-23-19-15-11-7-3/h61-63,68H,5-60H2,1-4H3,(H,73,74)(H,75,76)/t61-,62+,63+/m0/s1. The minimum absolute atomic E-state index is 0.106. The van der Waals surface area contributed by atoms with E-state index in [1.807, 2.05) is 0 Å². The van der Waals surface area contributed by atoms with Crippen molar-refractivity contribution in [1.29, 1.82) is 0 Å². The van der Waals surface area contributed by atoms with Crippen molar-refractivity contribution in [1.82, 2.24) is 0 Å². The van der Waals surface area contributed by atoms with E-state index in [2.05, 4.69) is 27.7 Å². The van der Waals surface area contributed by atoms with Crippen LogP contribution in [0.15, 0.2) is 0 Å². The molecule has 0 saturated heterocycles. The number of carbonyl (C=O) groups is 4. The number of carbonyl (C=O) groups excluding carboxylic acids is 4. The first-order chi connectivity index (χ1) is 41.7. The van der Waals surface area contributed by atoms with Crippen LogP contribution in [0.3, 0.4) is 0 Å². The Kier molecular flexibility index (Phi) is 60.5. The zero-order valence-corrected chi connectivity index (χ0v) is 57.1. The lowest BCUT2D eigenvalue weighted by molar-refractivity contribution is -0.161. The second-order valence-corrected chi connectivity index (χ2v) is 27.1. The van der Waals surface area contributed by atoms with Gasteiger partial charge in [-0.2, -0.15) is 0 Å². The molecule has 0 bridgehead atoms. The van der Waals surface area contributed by atoms with Gasteiger partial charge in [-0.1, -0.05) is 297 Å². The highest BCUT2D eigenvalue weighted by molar-refractivity contribution is 7.47. The predicted octanol–water partition coefficient (Wildman–Crippen LogP) is 19.1. The van der Waals surface area contributed by atoms with Gasteiger partial charge in [-0.25, -0.2) is 9.13 Å². The molecule has 0 aromatic carbocycles. The van der Waals surface area contributed by atoms with Crippen molar-refractivity contribution in [3.05, 3.63) is 0 Å². The third-order valence-electron chi connectivity index (χ3n) is 15.6. The summed E-state index contributed by atoms with van der Waals surface area (Å²) in [4.78, 5) is 72.3. The van der Waals surface area contributed by atoms with E-state index in [0.717, 1.165) is 89.9 Å². The maximum Gasteiger partial charge on any atom is 0.472 e. The molecule has 0 fully saturated rings. The van der Waals surface area contributed by atoms with Crippen LogP contribution in [-0.4, -0.2) is 96.7 Å².